The molecule has 6 rings (SSSR count). The van der Waals surface area contributed by atoms with E-state index in [2.05, 4.69) is 0 Å². The number of benzene rings is 4. The van der Waals surface area contributed by atoms with Gasteiger partial charge in [-0.15, -0.1) is 0 Å². The van der Waals surface area contributed by atoms with Gasteiger partial charge in [-0.05, 0) is 54.8 Å². The largest absolute Gasteiger partial charge is 0.493 e. The number of carbonyl (C=O) groups is 1. The van der Waals surface area contributed by atoms with Gasteiger partial charge in [0.05, 0.1) is 47.5 Å². The fourth-order valence-corrected chi connectivity index (χ4v) is 6.81. The van der Waals surface area contributed by atoms with Crippen molar-refractivity contribution in [1.82, 2.24) is 4.57 Å². The highest BCUT2D eigenvalue weighted by Gasteiger charge is 2.36. The summed E-state index contributed by atoms with van der Waals surface area (Å²) in [5, 5.41) is 12.5. The van der Waals surface area contributed by atoms with Crippen LogP contribution in [0.25, 0.3) is 11.8 Å². The lowest BCUT2D eigenvalue weighted by atomic mass is 9.94. The maximum atomic E-state index is 13.9. The Balaban J connectivity index is 1.42. The van der Waals surface area contributed by atoms with Crippen LogP contribution in [-0.2, 0) is 22.7 Å². The summed E-state index contributed by atoms with van der Waals surface area (Å²) in [7, 11) is 2.95. The number of fused-ring (bicyclic) bond motifs is 1. The first-order chi connectivity index (χ1) is 25.2. The fourth-order valence-electron chi connectivity index (χ4n) is 5.77. The molecule has 0 fully saturated rings. The summed E-state index contributed by atoms with van der Waals surface area (Å²) in [6.07, 6.45) is 1.69. The summed E-state index contributed by atoms with van der Waals surface area (Å²) in [5.74, 6) is 0.620. The molecule has 266 valence electrons. The van der Waals surface area contributed by atoms with Crippen molar-refractivity contribution >= 4 is 34.8 Å². The number of rotatable bonds is 13. The second kappa shape index (κ2) is 15.8. The van der Waals surface area contributed by atoms with Crippen molar-refractivity contribution < 1.29 is 33.4 Å². The first-order valence-corrected chi connectivity index (χ1v) is 17.1. The van der Waals surface area contributed by atoms with Crippen LogP contribution in [0, 0.1) is 10.1 Å². The highest BCUT2D eigenvalue weighted by atomic mass is 32.1. The molecule has 1 atom stereocenters. The van der Waals surface area contributed by atoms with Crippen LogP contribution < -0.4 is 33.8 Å². The second-order valence-corrected chi connectivity index (χ2v) is 12.6. The number of carbonyl (C=O) groups excluding carboxylic acids is 1. The van der Waals surface area contributed by atoms with Crippen molar-refractivity contribution in [2.75, 3.05) is 20.8 Å². The summed E-state index contributed by atoms with van der Waals surface area (Å²) >= 11 is 1.09. The molecule has 0 radical (unpaired) electrons. The highest BCUT2D eigenvalue weighted by Crippen LogP contribution is 2.43. The normalized spacial score (nSPS) is 13.9. The average molecular weight is 722 g/mol. The van der Waals surface area contributed by atoms with Gasteiger partial charge in [0.1, 0.15) is 19.3 Å². The minimum absolute atomic E-state index is 0.00880. The number of aromatic nitrogens is 1. The molecule has 0 saturated heterocycles. The molecule has 0 amide bonds. The number of esters is 1. The molecule has 12 nitrogen and oxygen atoms in total. The molecule has 0 spiro atoms. The van der Waals surface area contributed by atoms with Crippen LogP contribution >= 0.6 is 11.3 Å². The number of ether oxygens (including phenoxy) is 5. The Morgan fingerprint density at radius 2 is 1.50 bits per heavy atom. The molecule has 2 heterocycles. The van der Waals surface area contributed by atoms with Gasteiger partial charge >= 0.3 is 5.97 Å². The Kier molecular flexibility index (Phi) is 10.8. The van der Waals surface area contributed by atoms with Gasteiger partial charge in [-0.2, -0.15) is 0 Å². The van der Waals surface area contributed by atoms with Crippen molar-refractivity contribution in [3.8, 4) is 23.0 Å². The first-order valence-electron chi connectivity index (χ1n) is 16.3. The molecule has 0 saturated carbocycles. The van der Waals surface area contributed by atoms with E-state index < -0.39 is 22.5 Å². The minimum Gasteiger partial charge on any atom is -0.493 e. The molecular weight excluding hydrogens is 687 g/mol. The molecule has 0 bridgehead atoms. The number of methoxy groups -OCH3 is 2. The number of nitro benzene ring substituents is 1. The van der Waals surface area contributed by atoms with Crippen LogP contribution in [-0.4, -0.2) is 36.3 Å². The third-order valence-electron chi connectivity index (χ3n) is 8.30. The predicted molar refractivity (Wildman–Crippen MR) is 195 cm³/mol. The smallest absolute Gasteiger partial charge is 0.338 e. The molecule has 1 aliphatic heterocycles. The Morgan fingerprint density at radius 3 is 2.10 bits per heavy atom. The third kappa shape index (κ3) is 7.44. The lowest BCUT2D eigenvalue weighted by molar-refractivity contribution is -0.385. The first kappa shape index (κ1) is 35.6. The molecule has 0 aliphatic carbocycles. The van der Waals surface area contributed by atoms with E-state index in [9.17, 15) is 19.7 Å². The molecule has 4 aromatic carbocycles. The fraction of sp³-hybridized carbons (Fsp3) is 0.205. The zero-order valence-electron chi connectivity index (χ0n) is 28.9. The molecular formula is C39H35N3O9S. The van der Waals surface area contributed by atoms with Gasteiger partial charge < -0.3 is 23.7 Å². The molecule has 5 aromatic rings. The van der Waals surface area contributed by atoms with E-state index >= 15 is 0 Å². The van der Waals surface area contributed by atoms with Gasteiger partial charge in [0.15, 0.2) is 27.8 Å². The maximum Gasteiger partial charge on any atom is 0.338 e. The van der Waals surface area contributed by atoms with Crippen LogP contribution in [0.15, 0.2) is 106 Å². The number of nitrogens with zero attached hydrogens (tertiary/aromatic N) is 3. The molecule has 0 unspecified atom stereocenters. The lowest BCUT2D eigenvalue weighted by Gasteiger charge is -2.23. The van der Waals surface area contributed by atoms with Crippen LogP contribution in [0.2, 0.25) is 0 Å². The summed E-state index contributed by atoms with van der Waals surface area (Å²) < 4.78 is 30.1. The van der Waals surface area contributed by atoms with Gasteiger partial charge in [0, 0.05) is 5.70 Å². The quantitative estimate of drug-likeness (QED) is 0.0815. The van der Waals surface area contributed by atoms with Gasteiger partial charge in [-0.25, -0.2) is 9.79 Å². The van der Waals surface area contributed by atoms with Crippen LogP contribution in [0.5, 0.6) is 23.0 Å². The second-order valence-electron chi connectivity index (χ2n) is 11.6. The van der Waals surface area contributed by atoms with Crippen molar-refractivity contribution in [3.63, 3.8) is 0 Å². The maximum absolute atomic E-state index is 13.9. The van der Waals surface area contributed by atoms with Gasteiger partial charge in [-0.3, -0.25) is 19.5 Å². The standard InChI is InChI=1S/C39H35N3O9S/c1-5-49-38(44)35-24(2)41-37(43)34(19-27-16-17-30(31(18-27)47-3)50-22-25-12-8-6-9-13-25)52-39(41)40-36(35)28-20-32(48-4)33(21-29(28)42(45)46)51-23-26-14-10-7-11-15-26/h6-21,36H,5,22-23H2,1-4H3/b34-19-/t36-/m0/s1. The van der Waals surface area contributed by atoms with Crippen LogP contribution in [0.4, 0.5) is 5.69 Å². The lowest BCUT2D eigenvalue weighted by Crippen LogP contribution is -2.35. The van der Waals surface area contributed by atoms with Gasteiger partial charge in [0.25, 0.3) is 11.2 Å². The topological polar surface area (TPSA) is 141 Å². The van der Waals surface area contributed by atoms with E-state index in [-0.39, 0.29) is 52.0 Å². The SMILES string of the molecule is CCOC(=O)C1=C(C)n2c(s/c(=C\c3ccc(OCc4ccccc4)c(OC)c3)c2=O)=N[C@H]1c1cc(OC)c(OCc2ccccc2)cc1[N+](=O)[O-]. The zero-order chi connectivity index (χ0) is 36.8. The Morgan fingerprint density at radius 1 is 0.885 bits per heavy atom. The highest BCUT2D eigenvalue weighted by molar-refractivity contribution is 7.07. The van der Waals surface area contributed by atoms with E-state index in [0.717, 1.165) is 22.5 Å². The number of hydrogen-bond acceptors (Lipinski definition) is 11. The van der Waals surface area contributed by atoms with E-state index in [4.69, 9.17) is 28.7 Å². The van der Waals surface area contributed by atoms with Crippen LogP contribution in [0.1, 0.15) is 42.1 Å². The number of nitro groups is 1. The van der Waals surface area contributed by atoms with Gasteiger partial charge in [0.2, 0.25) is 0 Å². The van der Waals surface area contributed by atoms with Crippen LogP contribution in [0.3, 0.4) is 0 Å². The summed E-state index contributed by atoms with van der Waals surface area (Å²) in [5.41, 5.74) is 2.08. The Labute approximate surface area is 302 Å². The summed E-state index contributed by atoms with van der Waals surface area (Å²) in [4.78, 5) is 44.4. The van der Waals surface area contributed by atoms with Crippen molar-refractivity contribution in [2.24, 2.45) is 4.99 Å². The minimum atomic E-state index is -1.19. The van der Waals surface area contributed by atoms with Crippen molar-refractivity contribution in [2.45, 2.75) is 33.1 Å². The Bertz CT molecular complexity index is 2330. The van der Waals surface area contributed by atoms with Crippen molar-refractivity contribution in [1.29, 1.82) is 0 Å². The predicted octanol–water partition coefficient (Wildman–Crippen LogP) is 5.99. The molecule has 1 aliphatic rings. The Hall–Kier alpha value is -6.21. The summed E-state index contributed by atoms with van der Waals surface area (Å²) in [6, 6.07) is 25.9. The van der Waals surface area contributed by atoms with Crippen molar-refractivity contribution in [3.05, 3.63) is 149 Å². The number of thiazole rings is 1. The molecule has 52 heavy (non-hydrogen) atoms. The van der Waals surface area contributed by atoms with E-state index in [1.54, 1.807) is 38.1 Å². The van der Waals surface area contributed by atoms with Gasteiger partial charge in [-0.1, -0.05) is 78.1 Å². The van der Waals surface area contributed by atoms with E-state index in [1.165, 1.54) is 30.9 Å². The molecule has 1 aromatic heterocycles. The number of hydrogen-bond donors (Lipinski definition) is 0. The zero-order valence-corrected chi connectivity index (χ0v) is 29.7. The number of allylic oxidation sites excluding steroid dienone is 1. The van der Waals surface area contributed by atoms with E-state index in [1.807, 2.05) is 60.7 Å². The summed E-state index contributed by atoms with van der Waals surface area (Å²) in [6.45, 7) is 3.78. The monoisotopic (exact) mass is 721 g/mol. The average Bonchev–Trinajstić information content (AvgIpc) is 3.47. The van der Waals surface area contributed by atoms with E-state index in [0.29, 0.717) is 28.2 Å². The molecule has 13 heteroatoms. The molecule has 0 N–H and O–H groups in total. The third-order valence-corrected chi connectivity index (χ3v) is 9.29.